The molecule has 0 aliphatic carbocycles. The lowest BCUT2D eigenvalue weighted by Gasteiger charge is -2.34. The van der Waals surface area contributed by atoms with Crippen LogP contribution in [0.3, 0.4) is 0 Å². The Kier molecular flexibility index (Phi) is 5.18. The van der Waals surface area contributed by atoms with Gasteiger partial charge in [0.15, 0.2) is 0 Å². The number of hydrogen-bond acceptors (Lipinski definition) is 3. The molecule has 1 aromatic rings. The minimum absolute atomic E-state index is 0.178. The summed E-state index contributed by atoms with van der Waals surface area (Å²) in [6, 6.07) is 5.26. The number of hydrogen-bond donors (Lipinski definition) is 1. The summed E-state index contributed by atoms with van der Waals surface area (Å²) < 4.78 is 0. The molecule has 0 amide bonds. The van der Waals surface area contributed by atoms with Crippen LogP contribution in [0.2, 0.25) is 10.0 Å². The quantitative estimate of drug-likeness (QED) is 0.855. The molecule has 100 valence electrons. The van der Waals surface area contributed by atoms with Crippen molar-refractivity contribution >= 4 is 46.7 Å². The molecule has 2 rings (SSSR count). The second-order valence-corrected chi connectivity index (χ2v) is 8.40. The number of thioether (sulfide) groups is 2. The molecule has 1 heterocycles. The van der Waals surface area contributed by atoms with E-state index in [4.69, 9.17) is 23.2 Å². The van der Waals surface area contributed by atoms with Crippen molar-refractivity contribution in [1.82, 2.24) is 0 Å². The van der Waals surface area contributed by atoms with Gasteiger partial charge in [0.25, 0.3) is 0 Å². The fourth-order valence-corrected chi connectivity index (χ4v) is 5.32. The SMILES string of the molecule is CC1SCC(C(O)c2cc(Cl)ccc2Cl)SC1C. The van der Waals surface area contributed by atoms with Crippen LogP contribution in [0, 0.1) is 0 Å². The van der Waals surface area contributed by atoms with Crippen LogP contribution in [0.1, 0.15) is 25.5 Å². The summed E-state index contributed by atoms with van der Waals surface area (Å²) in [5.41, 5.74) is 0.740. The molecule has 0 bridgehead atoms. The van der Waals surface area contributed by atoms with Gasteiger partial charge in [0, 0.05) is 37.1 Å². The van der Waals surface area contributed by atoms with E-state index in [1.165, 1.54) is 0 Å². The van der Waals surface area contributed by atoms with Gasteiger partial charge >= 0.3 is 0 Å². The fraction of sp³-hybridized carbons (Fsp3) is 0.538. The van der Waals surface area contributed by atoms with Crippen LogP contribution in [0.5, 0.6) is 0 Å². The third-order valence-corrected chi connectivity index (χ3v) is 7.26. The molecule has 1 fully saturated rings. The van der Waals surface area contributed by atoms with Gasteiger partial charge in [0.1, 0.15) is 0 Å². The topological polar surface area (TPSA) is 20.2 Å². The third kappa shape index (κ3) is 3.31. The van der Waals surface area contributed by atoms with Crippen molar-refractivity contribution in [2.24, 2.45) is 0 Å². The van der Waals surface area contributed by atoms with E-state index in [0.29, 0.717) is 20.5 Å². The van der Waals surface area contributed by atoms with Crippen molar-refractivity contribution in [2.45, 2.75) is 35.7 Å². The van der Waals surface area contributed by atoms with Crippen LogP contribution in [0.4, 0.5) is 0 Å². The molecule has 0 aromatic heterocycles. The van der Waals surface area contributed by atoms with Crippen molar-refractivity contribution in [3.8, 4) is 0 Å². The minimum atomic E-state index is -0.552. The number of aliphatic hydroxyl groups excluding tert-OH is 1. The first-order valence-electron chi connectivity index (χ1n) is 5.89. The average Bonchev–Trinajstić information content (AvgIpc) is 2.35. The second kappa shape index (κ2) is 6.27. The zero-order chi connectivity index (χ0) is 13.3. The summed E-state index contributed by atoms with van der Waals surface area (Å²) in [5.74, 6) is 0.945. The zero-order valence-corrected chi connectivity index (χ0v) is 13.4. The van der Waals surface area contributed by atoms with E-state index in [-0.39, 0.29) is 5.25 Å². The summed E-state index contributed by atoms with van der Waals surface area (Å²) >= 11 is 15.9. The van der Waals surface area contributed by atoms with Crippen LogP contribution < -0.4 is 0 Å². The highest BCUT2D eigenvalue weighted by atomic mass is 35.5. The Hall–Kier alpha value is 0.460. The van der Waals surface area contributed by atoms with Crippen LogP contribution in [-0.2, 0) is 0 Å². The first-order valence-corrected chi connectivity index (χ1v) is 8.64. The lowest BCUT2D eigenvalue weighted by Crippen LogP contribution is -2.30. The van der Waals surface area contributed by atoms with E-state index >= 15 is 0 Å². The van der Waals surface area contributed by atoms with Gasteiger partial charge < -0.3 is 5.11 Å². The number of rotatable bonds is 2. The molecule has 4 atom stereocenters. The van der Waals surface area contributed by atoms with Crippen LogP contribution >= 0.6 is 46.7 Å². The largest absolute Gasteiger partial charge is 0.387 e. The van der Waals surface area contributed by atoms with Crippen molar-refractivity contribution < 1.29 is 5.11 Å². The maximum Gasteiger partial charge on any atom is 0.0931 e. The Morgan fingerprint density at radius 1 is 1.28 bits per heavy atom. The summed E-state index contributed by atoms with van der Waals surface area (Å²) in [6.45, 7) is 4.44. The lowest BCUT2D eigenvalue weighted by atomic mass is 10.1. The molecular weight excluding hydrogens is 307 g/mol. The predicted molar refractivity (Wildman–Crippen MR) is 84.2 cm³/mol. The second-order valence-electron chi connectivity index (χ2n) is 4.53. The van der Waals surface area contributed by atoms with Gasteiger partial charge in [-0.2, -0.15) is 23.5 Å². The Labute approximate surface area is 127 Å². The summed E-state index contributed by atoms with van der Waals surface area (Å²) in [5, 5.41) is 13.0. The van der Waals surface area contributed by atoms with Crippen molar-refractivity contribution in [2.75, 3.05) is 5.75 Å². The molecule has 4 unspecified atom stereocenters. The van der Waals surface area contributed by atoms with Crippen LogP contribution in [0.15, 0.2) is 18.2 Å². The highest BCUT2D eigenvalue weighted by Gasteiger charge is 2.31. The summed E-state index contributed by atoms with van der Waals surface area (Å²) in [7, 11) is 0. The molecule has 1 N–H and O–H groups in total. The van der Waals surface area contributed by atoms with E-state index in [1.807, 2.05) is 23.5 Å². The standard InChI is InChI=1S/C13H16Cl2OS2/c1-7-8(2)18-12(6-17-7)13(16)10-5-9(14)3-4-11(10)15/h3-5,7-8,12-13,16H,6H2,1-2H3. The summed E-state index contributed by atoms with van der Waals surface area (Å²) in [4.78, 5) is 0. The molecule has 1 nitrogen and oxygen atoms in total. The summed E-state index contributed by atoms with van der Waals surface area (Å²) in [6.07, 6.45) is -0.552. The number of benzene rings is 1. The predicted octanol–water partition coefficient (Wildman–Crippen LogP) is 4.65. The highest BCUT2D eigenvalue weighted by molar-refractivity contribution is 8.07. The Morgan fingerprint density at radius 2 is 2.00 bits per heavy atom. The van der Waals surface area contributed by atoms with Crippen molar-refractivity contribution in [1.29, 1.82) is 0 Å². The van der Waals surface area contributed by atoms with Crippen LogP contribution in [-0.4, -0.2) is 26.6 Å². The molecular formula is C13H16Cl2OS2. The van der Waals surface area contributed by atoms with Gasteiger partial charge in [-0.1, -0.05) is 37.0 Å². The Bertz CT molecular complexity index is 427. The first-order chi connectivity index (χ1) is 8.49. The smallest absolute Gasteiger partial charge is 0.0931 e. The molecule has 0 spiro atoms. The monoisotopic (exact) mass is 322 g/mol. The number of halogens is 2. The van der Waals surface area contributed by atoms with Gasteiger partial charge in [-0.3, -0.25) is 0 Å². The van der Waals surface area contributed by atoms with Gasteiger partial charge in [-0.25, -0.2) is 0 Å². The maximum absolute atomic E-state index is 10.5. The van der Waals surface area contributed by atoms with Gasteiger partial charge in [0.05, 0.1) is 6.10 Å². The highest BCUT2D eigenvalue weighted by Crippen LogP contribution is 2.42. The van der Waals surface area contributed by atoms with E-state index in [9.17, 15) is 5.11 Å². The van der Waals surface area contributed by atoms with Crippen LogP contribution in [0.25, 0.3) is 0 Å². The normalized spacial score (nSPS) is 30.2. The maximum atomic E-state index is 10.5. The number of aliphatic hydroxyl groups is 1. The Morgan fingerprint density at radius 3 is 2.67 bits per heavy atom. The van der Waals surface area contributed by atoms with Gasteiger partial charge in [-0.15, -0.1) is 0 Å². The van der Waals surface area contributed by atoms with Crippen molar-refractivity contribution in [3.63, 3.8) is 0 Å². The molecule has 1 saturated heterocycles. The van der Waals surface area contributed by atoms with Crippen molar-refractivity contribution in [3.05, 3.63) is 33.8 Å². The molecule has 1 aliphatic heterocycles. The molecule has 18 heavy (non-hydrogen) atoms. The van der Waals surface area contributed by atoms with E-state index < -0.39 is 6.10 Å². The lowest BCUT2D eigenvalue weighted by molar-refractivity contribution is 0.180. The third-order valence-electron chi connectivity index (χ3n) is 3.20. The molecule has 0 saturated carbocycles. The van der Waals surface area contributed by atoms with Gasteiger partial charge in [0.2, 0.25) is 0 Å². The Balaban J connectivity index is 2.16. The van der Waals surface area contributed by atoms with E-state index in [2.05, 4.69) is 13.8 Å². The average molecular weight is 323 g/mol. The fourth-order valence-electron chi connectivity index (χ4n) is 1.91. The zero-order valence-electron chi connectivity index (χ0n) is 10.3. The molecule has 0 radical (unpaired) electrons. The first kappa shape index (κ1) is 14.9. The molecule has 1 aliphatic rings. The molecule has 5 heteroatoms. The minimum Gasteiger partial charge on any atom is -0.387 e. The van der Waals surface area contributed by atoms with Gasteiger partial charge in [-0.05, 0) is 18.2 Å². The molecule has 1 aromatic carbocycles. The van der Waals surface area contributed by atoms with E-state index in [0.717, 1.165) is 11.3 Å². The van der Waals surface area contributed by atoms with E-state index in [1.54, 1.807) is 18.2 Å².